The Morgan fingerprint density at radius 3 is 2.50 bits per heavy atom. The maximum absolute atomic E-state index is 11.7. The third-order valence-electron chi connectivity index (χ3n) is 4.57. The van der Waals surface area contributed by atoms with Gasteiger partial charge in [-0.1, -0.05) is 48.5 Å². The van der Waals surface area contributed by atoms with E-state index in [1.807, 2.05) is 42.5 Å². The van der Waals surface area contributed by atoms with Gasteiger partial charge >= 0.3 is 0 Å². The van der Waals surface area contributed by atoms with Gasteiger partial charge in [-0.05, 0) is 28.0 Å². The number of ether oxygens (including phenoxy) is 1. The van der Waals surface area contributed by atoms with Crippen LogP contribution in [0, 0.1) is 0 Å². The highest BCUT2D eigenvalue weighted by Crippen LogP contribution is 2.41. The van der Waals surface area contributed by atoms with Gasteiger partial charge in [-0.2, -0.15) is 0 Å². The number of primary amides is 1. The van der Waals surface area contributed by atoms with Gasteiger partial charge in [-0.3, -0.25) is 4.79 Å². The molecule has 120 valence electrons. The Morgan fingerprint density at radius 1 is 1.00 bits per heavy atom. The Hall–Kier alpha value is -2.85. The zero-order valence-corrected chi connectivity index (χ0v) is 13.2. The number of benzene rings is 3. The normalized spacial score (nSPS) is 16.0. The minimum Gasteiger partial charge on any atom is -0.488 e. The Morgan fingerprint density at radius 2 is 1.71 bits per heavy atom. The molecule has 4 heteroatoms. The van der Waals surface area contributed by atoms with Crippen molar-refractivity contribution >= 4 is 16.7 Å². The number of nitrogens with two attached hydrogens (primary N) is 2. The Kier molecular flexibility index (Phi) is 3.47. The molecule has 1 amide bonds. The third-order valence-corrected chi connectivity index (χ3v) is 4.57. The fourth-order valence-electron chi connectivity index (χ4n) is 3.44. The summed E-state index contributed by atoms with van der Waals surface area (Å²) in [6.07, 6.45) is 0.856. The Balaban J connectivity index is 1.95. The van der Waals surface area contributed by atoms with Gasteiger partial charge in [0, 0.05) is 24.1 Å². The summed E-state index contributed by atoms with van der Waals surface area (Å²) >= 11 is 0. The van der Waals surface area contributed by atoms with Crippen LogP contribution in [0.5, 0.6) is 5.75 Å². The number of amides is 1. The third kappa shape index (κ3) is 2.23. The zero-order chi connectivity index (χ0) is 16.7. The summed E-state index contributed by atoms with van der Waals surface area (Å²) in [4.78, 5) is 11.7. The first-order valence-corrected chi connectivity index (χ1v) is 7.99. The molecule has 1 aliphatic heterocycles. The van der Waals surface area contributed by atoms with Gasteiger partial charge in [0.15, 0.2) is 0 Å². The number of hydrogen-bond donors (Lipinski definition) is 2. The molecule has 0 spiro atoms. The summed E-state index contributed by atoms with van der Waals surface area (Å²) in [5.41, 5.74) is 15.0. The molecule has 1 atom stereocenters. The summed E-state index contributed by atoms with van der Waals surface area (Å²) in [7, 11) is 0. The topological polar surface area (TPSA) is 78.3 Å². The van der Waals surface area contributed by atoms with E-state index >= 15 is 0 Å². The first kappa shape index (κ1) is 14.7. The molecular weight excluding hydrogens is 300 g/mol. The lowest BCUT2D eigenvalue weighted by Crippen LogP contribution is -2.24. The molecule has 0 aliphatic carbocycles. The van der Waals surface area contributed by atoms with E-state index in [2.05, 4.69) is 6.07 Å². The van der Waals surface area contributed by atoms with Crippen molar-refractivity contribution < 1.29 is 9.53 Å². The smallest absolute Gasteiger partial charge is 0.249 e. The summed E-state index contributed by atoms with van der Waals surface area (Å²) < 4.78 is 6.05. The summed E-state index contributed by atoms with van der Waals surface area (Å²) in [5, 5.41) is 1.84. The van der Waals surface area contributed by atoms with Crippen molar-refractivity contribution in [3.05, 3.63) is 65.7 Å². The molecule has 0 fully saturated rings. The van der Waals surface area contributed by atoms with E-state index in [9.17, 15) is 4.79 Å². The first-order valence-electron chi connectivity index (χ1n) is 7.99. The summed E-state index contributed by atoms with van der Waals surface area (Å²) in [6, 6.07) is 17.7. The van der Waals surface area contributed by atoms with Crippen LogP contribution >= 0.6 is 0 Å². The van der Waals surface area contributed by atoms with Gasteiger partial charge in [-0.25, -0.2) is 0 Å². The predicted molar refractivity (Wildman–Crippen MR) is 95.1 cm³/mol. The monoisotopic (exact) mass is 318 g/mol. The van der Waals surface area contributed by atoms with Crippen molar-refractivity contribution in [2.75, 3.05) is 6.54 Å². The van der Waals surface area contributed by atoms with Gasteiger partial charge in [0.1, 0.15) is 11.9 Å². The highest BCUT2D eigenvalue weighted by atomic mass is 16.5. The maximum Gasteiger partial charge on any atom is 0.249 e. The predicted octanol–water partition coefficient (Wildman–Crippen LogP) is 2.87. The van der Waals surface area contributed by atoms with Crippen molar-refractivity contribution in [1.29, 1.82) is 0 Å². The van der Waals surface area contributed by atoms with Crippen LogP contribution in [0.3, 0.4) is 0 Å². The highest BCUT2D eigenvalue weighted by molar-refractivity contribution is 6.10. The molecule has 4 nitrogen and oxygen atoms in total. The number of rotatable bonds is 3. The Bertz CT molecular complexity index is 950. The van der Waals surface area contributed by atoms with Gasteiger partial charge in [0.2, 0.25) is 5.91 Å². The average molecular weight is 318 g/mol. The van der Waals surface area contributed by atoms with E-state index < -0.39 is 5.91 Å². The van der Waals surface area contributed by atoms with E-state index in [1.54, 1.807) is 6.07 Å². The minimum atomic E-state index is -0.421. The molecule has 1 heterocycles. The molecule has 4 N–H and O–H groups in total. The number of fused-ring (bicyclic) bond motifs is 2. The fraction of sp³-hybridized carbons (Fsp3) is 0.150. The van der Waals surface area contributed by atoms with Crippen molar-refractivity contribution in [1.82, 2.24) is 0 Å². The molecule has 4 rings (SSSR count). The fourth-order valence-corrected chi connectivity index (χ4v) is 3.44. The standard InChI is InChI=1S/C20H18N2O2/c21-11-13-10-12-4-1-8-17(19(12)24-13)15-6-2-7-16-14(15)5-3-9-18(16)20(22)23/h1-9,13H,10-11,21H2,(H2,22,23)/t13-/m0/s1. The van der Waals surface area contributed by atoms with Crippen LogP contribution in [-0.2, 0) is 6.42 Å². The Labute approximate surface area is 140 Å². The molecule has 0 aromatic heterocycles. The van der Waals surface area contributed by atoms with Gasteiger partial charge < -0.3 is 16.2 Å². The second kappa shape index (κ2) is 5.65. The van der Waals surface area contributed by atoms with Crippen LogP contribution in [0.15, 0.2) is 54.6 Å². The summed E-state index contributed by atoms with van der Waals surface area (Å²) in [5.74, 6) is 0.473. The zero-order valence-electron chi connectivity index (χ0n) is 13.2. The lowest BCUT2D eigenvalue weighted by Gasteiger charge is -2.13. The maximum atomic E-state index is 11.7. The minimum absolute atomic E-state index is 0.0253. The van der Waals surface area contributed by atoms with Gasteiger partial charge in [0.05, 0.1) is 0 Å². The van der Waals surface area contributed by atoms with Crippen LogP contribution in [0.25, 0.3) is 21.9 Å². The molecule has 0 unspecified atom stereocenters. The molecular formula is C20H18N2O2. The van der Waals surface area contributed by atoms with Gasteiger partial charge in [-0.15, -0.1) is 0 Å². The highest BCUT2D eigenvalue weighted by Gasteiger charge is 2.25. The summed E-state index contributed by atoms with van der Waals surface area (Å²) in [6.45, 7) is 0.496. The number of carbonyl (C=O) groups excluding carboxylic acids is 1. The molecule has 3 aromatic rings. The lowest BCUT2D eigenvalue weighted by atomic mass is 9.93. The lowest BCUT2D eigenvalue weighted by molar-refractivity contribution is 0.100. The number of carbonyl (C=O) groups is 1. The molecule has 24 heavy (non-hydrogen) atoms. The molecule has 0 radical (unpaired) electrons. The van der Waals surface area contributed by atoms with Crippen LogP contribution < -0.4 is 16.2 Å². The van der Waals surface area contributed by atoms with Crippen LogP contribution in [0.2, 0.25) is 0 Å². The first-order chi connectivity index (χ1) is 11.7. The van der Waals surface area contributed by atoms with Crippen LogP contribution in [0.4, 0.5) is 0 Å². The van der Waals surface area contributed by atoms with Crippen molar-refractivity contribution in [3.8, 4) is 16.9 Å². The van der Waals surface area contributed by atoms with E-state index in [0.717, 1.165) is 34.1 Å². The van der Waals surface area contributed by atoms with E-state index in [-0.39, 0.29) is 6.10 Å². The second-order valence-corrected chi connectivity index (χ2v) is 6.04. The average Bonchev–Trinajstić information content (AvgIpc) is 3.04. The van der Waals surface area contributed by atoms with Crippen molar-refractivity contribution in [2.24, 2.45) is 11.5 Å². The largest absolute Gasteiger partial charge is 0.488 e. The van der Waals surface area contributed by atoms with E-state index in [0.29, 0.717) is 12.1 Å². The van der Waals surface area contributed by atoms with E-state index in [1.165, 1.54) is 5.56 Å². The molecule has 0 saturated carbocycles. The van der Waals surface area contributed by atoms with Gasteiger partial charge in [0.25, 0.3) is 0 Å². The quantitative estimate of drug-likeness (QED) is 0.779. The van der Waals surface area contributed by atoms with Crippen molar-refractivity contribution in [3.63, 3.8) is 0 Å². The molecule has 0 saturated heterocycles. The number of para-hydroxylation sites is 1. The van der Waals surface area contributed by atoms with Crippen molar-refractivity contribution in [2.45, 2.75) is 12.5 Å². The van der Waals surface area contributed by atoms with Crippen LogP contribution in [-0.4, -0.2) is 18.6 Å². The number of hydrogen-bond acceptors (Lipinski definition) is 3. The van der Waals surface area contributed by atoms with E-state index in [4.69, 9.17) is 16.2 Å². The molecule has 1 aliphatic rings. The molecule has 3 aromatic carbocycles. The molecule has 0 bridgehead atoms. The second-order valence-electron chi connectivity index (χ2n) is 6.04. The van der Waals surface area contributed by atoms with Crippen LogP contribution in [0.1, 0.15) is 15.9 Å². The SMILES string of the molecule is NC[C@@H]1Cc2cccc(-c3cccc4c(C(N)=O)cccc34)c2O1.